The minimum absolute atomic E-state index is 0.498. The zero-order chi connectivity index (χ0) is 18.1. The van der Waals surface area contributed by atoms with Gasteiger partial charge in [0.1, 0.15) is 18.4 Å². The van der Waals surface area contributed by atoms with E-state index in [1.165, 1.54) is 6.33 Å². The Kier molecular flexibility index (Phi) is 3.87. The highest BCUT2D eigenvalue weighted by atomic mass is 32.1. The fourth-order valence-electron chi connectivity index (χ4n) is 2.82. The lowest BCUT2D eigenvalue weighted by Crippen LogP contribution is -2.03. The maximum atomic E-state index is 5.56. The van der Waals surface area contributed by atoms with Crippen molar-refractivity contribution >= 4 is 28.2 Å². The van der Waals surface area contributed by atoms with Crippen molar-refractivity contribution in [2.45, 2.75) is 6.54 Å². The Labute approximate surface area is 158 Å². The third kappa shape index (κ3) is 2.96. The van der Waals surface area contributed by atoms with Crippen LogP contribution in [-0.4, -0.2) is 24.7 Å². The number of nitrogens with zero attached hydrogens (tertiary/aromatic N) is 5. The molecule has 0 aliphatic heterocycles. The van der Waals surface area contributed by atoms with Gasteiger partial charge in [0.05, 0.1) is 34.4 Å². The Morgan fingerprint density at radius 3 is 2.85 bits per heavy atom. The van der Waals surface area contributed by atoms with Gasteiger partial charge in [-0.2, -0.15) is 5.10 Å². The summed E-state index contributed by atoms with van der Waals surface area (Å²) in [4.78, 5) is 14.3. The lowest BCUT2D eigenvalue weighted by atomic mass is 10.3. The highest BCUT2D eigenvalue weighted by Crippen LogP contribution is 2.25. The number of hydrogen-bond acceptors (Lipinski definition) is 7. The lowest BCUT2D eigenvalue weighted by Gasteiger charge is -2.05. The first kappa shape index (κ1) is 15.7. The summed E-state index contributed by atoms with van der Waals surface area (Å²) in [5.74, 6) is 1.34. The van der Waals surface area contributed by atoms with Crippen LogP contribution in [0.2, 0.25) is 0 Å². The average molecular weight is 374 g/mol. The van der Waals surface area contributed by atoms with E-state index in [1.807, 2.05) is 47.8 Å². The molecule has 132 valence electrons. The van der Waals surface area contributed by atoms with Crippen LogP contribution in [-0.2, 0) is 6.54 Å². The molecule has 0 amide bonds. The number of rotatable bonds is 5. The third-order valence-electron chi connectivity index (χ3n) is 4.09. The molecular weight excluding hydrogens is 360 g/mol. The van der Waals surface area contributed by atoms with Crippen molar-refractivity contribution in [3.05, 3.63) is 72.3 Å². The first-order valence-corrected chi connectivity index (χ1v) is 9.23. The zero-order valence-electron chi connectivity index (χ0n) is 14.1. The molecule has 4 aromatic heterocycles. The normalized spacial score (nSPS) is 11.1. The summed E-state index contributed by atoms with van der Waals surface area (Å²) in [5.41, 5.74) is 2.51. The van der Waals surface area contributed by atoms with Gasteiger partial charge in [0.25, 0.3) is 0 Å². The van der Waals surface area contributed by atoms with Crippen LogP contribution >= 0.6 is 11.3 Å². The Balaban J connectivity index is 1.40. The van der Waals surface area contributed by atoms with E-state index in [9.17, 15) is 0 Å². The first-order chi connectivity index (χ1) is 13.4. The summed E-state index contributed by atoms with van der Waals surface area (Å²) in [5, 5.41) is 10.6. The summed E-state index contributed by atoms with van der Waals surface area (Å²) < 4.78 is 7.36. The third-order valence-corrected chi connectivity index (χ3v) is 4.95. The van der Waals surface area contributed by atoms with Gasteiger partial charge in [-0.25, -0.2) is 19.6 Å². The predicted octanol–water partition coefficient (Wildman–Crippen LogP) is 4.14. The van der Waals surface area contributed by atoms with Crippen LogP contribution in [0.1, 0.15) is 5.69 Å². The molecular formula is C19H14N6OS. The van der Waals surface area contributed by atoms with E-state index in [-0.39, 0.29) is 0 Å². The molecule has 5 aromatic rings. The summed E-state index contributed by atoms with van der Waals surface area (Å²) in [6.45, 7) is 0.498. The Bertz CT molecular complexity index is 1180. The van der Waals surface area contributed by atoms with E-state index in [0.717, 1.165) is 27.3 Å². The maximum Gasteiger partial charge on any atom is 0.236 e. The number of anilines is 1. The summed E-state index contributed by atoms with van der Waals surface area (Å²) in [7, 11) is 0. The van der Waals surface area contributed by atoms with Crippen molar-refractivity contribution in [3.8, 4) is 16.5 Å². The van der Waals surface area contributed by atoms with Gasteiger partial charge in [-0.05, 0) is 23.6 Å². The number of para-hydroxylation sites is 1. The minimum atomic E-state index is 0.498. The molecule has 27 heavy (non-hydrogen) atoms. The number of hydrogen-bond donors (Lipinski definition) is 1. The molecule has 0 fully saturated rings. The monoisotopic (exact) mass is 374 g/mol. The van der Waals surface area contributed by atoms with Gasteiger partial charge in [0.2, 0.25) is 5.89 Å². The van der Waals surface area contributed by atoms with Gasteiger partial charge >= 0.3 is 0 Å². The van der Waals surface area contributed by atoms with Crippen molar-refractivity contribution < 1.29 is 4.42 Å². The quantitative estimate of drug-likeness (QED) is 0.498. The first-order valence-electron chi connectivity index (χ1n) is 8.35. The molecule has 0 aliphatic carbocycles. The van der Waals surface area contributed by atoms with Crippen molar-refractivity contribution in [2.24, 2.45) is 0 Å². The van der Waals surface area contributed by atoms with Gasteiger partial charge in [-0.15, -0.1) is 11.3 Å². The van der Waals surface area contributed by atoms with Crippen molar-refractivity contribution in [2.75, 3.05) is 5.32 Å². The standard InChI is InChI=1S/C19H14N6OS/c1-2-5-14(6-3-1)25-18-15(10-23-25)17(21-12-22-18)20-9-13-11-26-19(24-13)16-7-4-8-27-16/h1-8,10-12H,9H2,(H,20,21,22). The van der Waals surface area contributed by atoms with E-state index in [2.05, 4.69) is 25.4 Å². The van der Waals surface area contributed by atoms with E-state index in [4.69, 9.17) is 4.42 Å². The number of thiophene rings is 1. The highest BCUT2D eigenvalue weighted by molar-refractivity contribution is 7.13. The number of aromatic nitrogens is 5. The Morgan fingerprint density at radius 2 is 2.00 bits per heavy atom. The predicted molar refractivity (Wildman–Crippen MR) is 104 cm³/mol. The molecule has 0 saturated carbocycles. The number of nitrogens with one attached hydrogen (secondary N) is 1. The second-order valence-electron chi connectivity index (χ2n) is 5.83. The number of fused-ring (bicyclic) bond motifs is 1. The van der Waals surface area contributed by atoms with Gasteiger partial charge < -0.3 is 9.73 Å². The fourth-order valence-corrected chi connectivity index (χ4v) is 3.47. The number of oxazole rings is 1. The lowest BCUT2D eigenvalue weighted by molar-refractivity contribution is 0.574. The molecule has 0 radical (unpaired) electrons. The van der Waals surface area contributed by atoms with Crippen molar-refractivity contribution in [1.29, 1.82) is 0 Å². The van der Waals surface area contributed by atoms with Gasteiger partial charge in [0.15, 0.2) is 5.65 Å². The molecule has 0 saturated heterocycles. The molecule has 0 unspecified atom stereocenters. The smallest absolute Gasteiger partial charge is 0.236 e. The van der Waals surface area contributed by atoms with Gasteiger partial charge in [0, 0.05) is 0 Å². The highest BCUT2D eigenvalue weighted by Gasteiger charge is 2.12. The Hall–Kier alpha value is -3.52. The van der Waals surface area contributed by atoms with Gasteiger partial charge in [-0.3, -0.25) is 0 Å². The molecule has 1 aromatic carbocycles. The molecule has 0 bridgehead atoms. The molecule has 8 heteroatoms. The van der Waals surface area contributed by atoms with Crippen molar-refractivity contribution in [1.82, 2.24) is 24.7 Å². The van der Waals surface area contributed by atoms with Crippen LogP contribution in [0.25, 0.3) is 27.5 Å². The Morgan fingerprint density at radius 1 is 1.07 bits per heavy atom. The van der Waals surface area contributed by atoms with Crippen LogP contribution in [0.4, 0.5) is 5.82 Å². The van der Waals surface area contributed by atoms with Crippen LogP contribution in [0.5, 0.6) is 0 Å². The second kappa shape index (κ2) is 6.65. The summed E-state index contributed by atoms with van der Waals surface area (Å²) >= 11 is 1.60. The van der Waals surface area contributed by atoms with Crippen LogP contribution in [0, 0.1) is 0 Å². The average Bonchev–Trinajstić information content (AvgIpc) is 3.47. The maximum absolute atomic E-state index is 5.56. The van der Waals surface area contributed by atoms with E-state index in [1.54, 1.807) is 28.5 Å². The van der Waals surface area contributed by atoms with E-state index >= 15 is 0 Å². The minimum Gasteiger partial charge on any atom is -0.443 e. The SMILES string of the molecule is c1ccc(-n2ncc3c(NCc4coc(-c5cccs5)n4)ncnc32)cc1. The van der Waals surface area contributed by atoms with E-state index in [0.29, 0.717) is 18.3 Å². The topological polar surface area (TPSA) is 81.7 Å². The molecule has 0 aliphatic rings. The molecule has 1 N–H and O–H groups in total. The fraction of sp³-hybridized carbons (Fsp3) is 0.0526. The summed E-state index contributed by atoms with van der Waals surface area (Å²) in [6, 6.07) is 13.9. The molecule has 5 rings (SSSR count). The van der Waals surface area contributed by atoms with Crippen LogP contribution in [0.3, 0.4) is 0 Å². The van der Waals surface area contributed by atoms with Crippen molar-refractivity contribution in [3.63, 3.8) is 0 Å². The van der Waals surface area contributed by atoms with Crippen LogP contribution < -0.4 is 5.32 Å². The van der Waals surface area contributed by atoms with Crippen LogP contribution in [0.15, 0.2) is 71.0 Å². The van der Waals surface area contributed by atoms with Gasteiger partial charge in [-0.1, -0.05) is 24.3 Å². The zero-order valence-corrected chi connectivity index (χ0v) is 14.9. The molecule has 0 atom stereocenters. The largest absolute Gasteiger partial charge is 0.443 e. The second-order valence-corrected chi connectivity index (χ2v) is 6.77. The molecule has 4 heterocycles. The number of benzene rings is 1. The van der Waals surface area contributed by atoms with E-state index < -0.39 is 0 Å². The molecule has 7 nitrogen and oxygen atoms in total. The molecule has 0 spiro atoms. The summed E-state index contributed by atoms with van der Waals surface area (Å²) in [6.07, 6.45) is 4.96.